The van der Waals surface area contributed by atoms with Crippen LogP contribution in [-0.2, 0) is 9.59 Å². The second-order valence-electron chi connectivity index (χ2n) is 6.69. The number of ether oxygens (including phenoxy) is 4. The standard InChI is InChI=1S/C25H26O8/c1-30-21-11-7-16(13-23(21)32-3)5-9-19(26)18(15-25(28)29)20(27)10-6-17-8-12-22(31-2)24(14-17)33-4/h5-14,26H,15H2,1-4H3,(H,28,29)/b9-5+,10-6+,19-18-. The number of benzene rings is 2. The molecule has 0 spiro atoms. The van der Waals surface area contributed by atoms with Crippen molar-refractivity contribution in [1.82, 2.24) is 0 Å². The number of methoxy groups -OCH3 is 4. The number of allylic oxidation sites excluding steroid dienone is 2. The molecule has 0 aliphatic carbocycles. The lowest BCUT2D eigenvalue weighted by Gasteiger charge is -2.08. The summed E-state index contributed by atoms with van der Waals surface area (Å²) in [6.45, 7) is 0. The van der Waals surface area contributed by atoms with E-state index in [1.807, 2.05) is 0 Å². The summed E-state index contributed by atoms with van der Waals surface area (Å²) in [5.74, 6) is -0.293. The number of carboxylic acid groups (broad SMARTS) is 1. The molecule has 0 heterocycles. The van der Waals surface area contributed by atoms with Crippen molar-refractivity contribution in [3.05, 3.63) is 71.0 Å². The maximum Gasteiger partial charge on any atom is 0.308 e. The summed E-state index contributed by atoms with van der Waals surface area (Å²) in [6.07, 6.45) is 4.85. The van der Waals surface area contributed by atoms with Gasteiger partial charge in [0, 0.05) is 0 Å². The minimum absolute atomic E-state index is 0.254. The van der Waals surface area contributed by atoms with Gasteiger partial charge in [-0.05, 0) is 47.5 Å². The van der Waals surface area contributed by atoms with Crippen LogP contribution in [0.1, 0.15) is 17.5 Å². The Bertz CT molecular complexity index is 1100. The van der Waals surface area contributed by atoms with E-state index in [2.05, 4.69) is 0 Å². The van der Waals surface area contributed by atoms with E-state index in [1.165, 1.54) is 52.7 Å². The number of hydrogen-bond donors (Lipinski definition) is 2. The Hall–Kier alpha value is -4.20. The number of rotatable bonds is 11. The van der Waals surface area contributed by atoms with E-state index in [9.17, 15) is 19.8 Å². The van der Waals surface area contributed by atoms with Crippen molar-refractivity contribution in [3.8, 4) is 23.0 Å². The van der Waals surface area contributed by atoms with E-state index in [0.717, 1.165) is 0 Å². The molecular formula is C25H26O8. The van der Waals surface area contributed by atoms with Crippen molar-refractivity contribution < 1.29 is 38.7 Å². The molecule has 0 unspecified atom stereocenters. The largest absolute Gasteiger partial charge is 0.508 e. The quantitative estimate of drug-likeness (QED) is 0.294. The van der Waals surface area contributed by atoms with Gasteiger partial charge in [-0.25, -0.2) is 0 Å². The number of carboxylic acids is 1. The fourth-order valence-corrected chi connectivity index (χ4v) is 2.92. The zero-order valence-electron chi connectivity index (χ0n) is 18.8. The summed E-state index contributed by atoms with van der Waals surface area (Å²) in [4.78, 5) is 23.9. The van der Waals surface area contributed by atoms with Gasteiger partial charge in [-0.15, -0.1) is 0 Å². The average molecular weight is 454 g/mol. The Balaban J connectivity index is 2.31. The Labute approximate surface area is 192 Å². The first-order valence-electron chi connectivity index (χ1n) is 9.81. The smallest absolute Gasteiger partial charge is 0.308 e. The van der Waals surface area contributed by atoms with Gasteiger partial charge in [0.25, 0.3) is 0 Å². The maximum atomic E-state index is 12.7. The Morgan fingerprint density at radius 1 is 0.727 bits per heavy atom. The molecule has 2 aromatic rings. The van der Waals surface area contributed by atoms with Crippen molar-refractivity contribution in [2.75, 3.05) is 28.4 Å². The SMILES string of the molecule is COc1ccc(/C=C/C(=O)/C(CC(=O)O)=C(O)/C=C/c2ccc(OC)c(OC)c2)cc1OC. The molecule has 8 nitrogen and oxygen atoms in total. The van der Waals surface area contributed by atoms with Gasteiger partial charge in [-0.1, -0.05) is 24.3 Å². The minimum Gasteiger partial charge on any atom is -0.508 e. The van der Waals surface area contributed by atoms with Crippen LogP contribution in [0.2, 0.25) is 0 Å². The Morgan fingerprint density at radius 3 is 1.61 bits per heavy atom. The molecule has 0 amide bonds. The maximum absolute atomic E-state index is 12.7. The summed E-state index contributed by atoms with van der Waals surface area (Å²) in [6, 6.07) is 10.1. The van der Waals surface area contributed by atoms with Crippen molar-refractivity contribution in [1.29, 1.82) is 0 Å². The van der Waals surface area contributed by atoms with Crippen LogP contribution >= 0.6 is 0 Å². The van der Waals surface area contributed by atoms with E-state index in [4.69, 9.17) is 18.9 Å². The first-order chi connectivity index (χ1) is 15.8. The molecule has 0 bridgehead atoms. The number of aliphatic hydroxyl groups is 1. The highest BCUT2D eigenvalue weighted by Crippen LogP contribution is 2.29. The molecule has 0 aliphatic rings. The molecule has 0 fully saturated rings. The zero-order valence-corrected chi connectivity index (χ0v) is 18.8. The fourth-order valence-electron chi connectivity index (χ4n) is 2.92. The summed E-state index contributed by atoms with van der Waals surface area (Å²) >= 11 is 0. The molecule has 2 rings (SSSR count). The van der Waals surface area contributed by atoms with Crippen molar-refractivity contribution in [2.24, 2.45) is 0 Å². The molecule has 0 radical (unpaired) electrons. The van der Waals surface area contributed by atoms with Gasteiger partial charge in [0.1, 0.15) is 5.76 Å². The highest BCUT2D eigenvalue weighted by molar-refractivity contribution is 6.09. The van der Waals surface area contributed by atoms with Gasteiger partial charge >= 0.3 is 5.97 Å². The van der Waals surface area contributed by atoms with Gasteiger partial charge in [-0.2, -0.15) is 0 Å². The van der Waals surface area contributed by atoms with Crippen LogP contribution in [0, 0.1) is 0 Å². The fraction of sp³-hybridized carbons (Fsp3) is 0.200. The second kappa shape index (κ2) is 12.0. The van der Waals surface area contributed by atoms with Crippen molar-refractivity contribution in [3.63, 3.8) is 0 Å². The van der Waals surface area contributed by atoms with E-state index < -0.39 is 23.9 Å². The Kier molecular flexibility index (Phi) is 9.11. The van der Waals surface area contributed by atoms with Crippen LogP contribution < -0.4 is 18.9 Å². The highest BCUT2D eigenvalue weighted by atomic mass is 16.5. The van der Waals surface area contributed by atoms with Gasteiger partial charge in [0.2, 0.25) is 0 Å². The number of carbonyl (C=O) groups is 2. The first kappa shape index (κ1) is 25.1. The normalized spacial score (nSPS) is 11.9. The van der Waals surface area contributed by atoms with E-state index >= 15 is 0 Å². The van der Waals surface area contributed by atoms with E-state index in [-0.39, 0.29) is 5.57 Å². The average Bonchev–Trinajstić information content (AvgIpc) is 2.83. The molecule has 0 atom stereocenters. The van der Waals surface area contributed by atoms with Gasteiger partial charge in [0.05, 0.1) is 40.4 Å². The molecule has 0 aliphatic heterocycles. The van der Waals surface area contributed by atoms with E-state index in [0.29, 0.717) is 34.1 Å². The summed E-state index contributed by atoms with van der Waals surface area (Å²) < 4.78 is 20.8. The lowest BCUT2D eigenvalue weighted by atomic mass is 10.0. The third-order valence-electron chi connectivity index (χ3n) is 4.61. The molecule has 0 saturated heterocycles. The van der Waals surface area contributed by atoms with Crippen LogP contribution in [0.5, 0.6) is 23.0 Å². The predicted octanol–water partition coefficient (Wildman–Crippen LogP) is 4.30. The predicted molar refractivity (Wildman–Crippen MR) is 124 cm³/mol. The van der Waals surface area contributed by atoms with Crippen LogP contribution in [-0.4, -0.2) is 50.4 Å². The number of aliphatic hydroxyl groups excluding tert-OH is 1. The molecule has 2 N–H and O–H groups in total. The Morgan fingerprint density at radius 2 is 1.18 bits per heavy atom. The molecule has 0 aromatic heterocycles. The second-order valence-corrected chi connectivity index (χ2v) is 6.69. The summed E-state index contributed by atoms with van der Waals surface area (Å²) in [7, 11) is 6.02. The minimum atomic E-state index is -1.25. The number of aliphatic carboxylic acids is 1. The number of ketones is 1. The summed E-state index contributed by atoms with van der Waals surface area (Å²) in [5, 5.41) is 19.6. The first-order valence-corrected chi connectivity index (χ1v) is 9.81. The van der Waals surface area contributed by atoms with E-state index in [1.54, 1.807) is 36.4 Å². The lowest BCUT2D eigenvalue weighted by Crippen LogP contribution is -2.08. The molecular weight excluding hydrogens is 428 g/mol. The highest BCUT2D eigenvalue weighted by Gasteiger charge is 2.16. The molecule has 8 heteroatoms. The van der Waals surface area contributed by atoms with Gasteiger partial charge in [0.15, 0.2) is 28.8 Å². The third kappa shape index (κ3) is 6.90. The molecule has 2 aromatic carbocycles. The molecule has 0 saturated carbocycles. The van der Waals surface area contributed by atoms with Crippen LogP contribution in [0.3, 0.4) is 0 Å². The summed E-state index contributed by atoms with van der Waals surface area (Å²) in [5.41, 5.74) is 1.04. The third-order valence-corrected chi connectivity index (χ3v) is 4.61. The van der Waals surface area contributed by atoms with Crippen LogP contribution in [0.15, 0.2) is 59.9 Å². The molecule has 33 heavy (non-hydrogen) atoms. The monoisotopic (exact) mass is 454 g/mol. The topological polar surface area (TPSA) is 112 Å². The van der Waals surface area contributed by atoms with Gasteiger partial charge in [-0.3, -0.25) is 9.59 Å². The van der Waals surface area contributed by atoms with Gasteiger partial charge < -0.3 is 29.2 Å². The number of hydrogen-bond acceptors (Lipinski definition) is 7. The zero-order chi connectivity index (χ0) is 24.4. The van der Waals surface area contributed by atoms with Crippen molar-refractivity contribution in [2.45, 2.75) is 6.42 Å². The van der Waals surface area contributed by atoms with Crippen molar-refractivity contribution >= 4 is 23.9 Å². The van der Waals surface area contributed by atoms with Crippen LogP contribution in [0.25, 0.3) is 12.2 Å². The number of carbonyl (C=O) groups excluding carboxylic acids is 1. The lowest BCUT2D eigenvalue weighted by molar-refractivity contribution is -0.136. The molecule has 174 valence electrons. The van der Waals surface area contributed by atoms with Crippen LogP contribution in [0.4, 0.5) is 0 Å².